The van der Waals surface area contributed by atoms with Crippen molar-refractivity contribution in [2.24, 2.45) is 5.92 Å². The molecule has 0 aromatic carbocycles. The van der Waals surface area contributed by atoms with E-state index in [1.165, 1.54) is 0 Å². The van der Waals surface area contributed by atoms with Crippen molar-refractivity contribution in [1.82, 2.24) is 4.90 Å². The molecule has 1 aliphatic heterocycles. The number of rotatable bonds is 6. The van der Waals surface area contributed by atoms with E-state index in [0.29, 0.717) is 5.92 Å². The Morgan fingerprint density at radius 3 is 2.87 bits per heavy atom. The lowest BCUT2D eigenvalue weighted by Gasteiger charge is -2.35. The van der Waals surface area contributed by atoms with Gasteiger partial charge in [0.1, 0.15) is 0 Å². The van der Waals surface area contributed by atoms with Crippen LogP contribution in [0.4, 0.5) is 0 Å². The topological polar surface area (TPSA) is 32.7 Å². The number of hydrogen-bond donors (Lipinski definition) is 1. The number of hydrogen-bond acceptors (Lipinski definition) is 3. The van der Waals surface area contributed by atoms with Gasteiger partial charge in [-0.05, 0) is 32.1 Å². The Kier molecular flexibility index (Phi) is 6.22. The second-order valence-corrected chi connectivity index (χ2v) is 4.38. The van der Waals surface area contributed by atoms with E-state index >= 15 is 0 Å². The van der Waals surface area contributed by atoms with Crippen molar-refractivity contribution in [2.45, 2.75) is 39.2 Å². The Morgan fingerprint density at radius 2 is 2.20 bits per heavy atom. The van der Waals surface area contributed by atoms with Gasteiger partial charge >= 0.3 is 0 Å². The number of aliphatic hydroxyl groups excluding tert-OH is 1. The van der Waals surface area contributed by atoms with E-state index in [9.17, 15) is 5.11 Å². The molecule has 1 saturated heterocycles. The highest BCUT2D eigenvalue weighted by Gasteiger charge is 2.25. The predicted molar refractivity (Wildman–Crippen MR) is 62.0 cm³/mol. The van der Waals surface area contributed by atoms with Crippen molar-refractivity contribution < 1.29 is 9.84 Å². The summed E-state index contributed by atoms with van der Waals surface area (Å²) in [5.74, 6) is 0.478. The normalized spacial score (nSPS) is 28.2. The van der Waals surface area contributed by atoms with Crippen LogP contribution in [-0.2, 0) is 4.74 Å². The first-order valence-electron chi connectivity index (χ1n) is 6.26. The maximum absolute atomic E-state index is 9.75. The molecule has 2 atom stereocenters. The monoisotopic (exact) mass is 215 g/mol. The molecule has 1 rings (SSSR count). The van der Waals surface area contributed by atoms with Gasteiger partial charge < -0.3 is 14.7 Å². The van der Waals surface area contributed by atoms with Crippen molar-refractivity contribution in [2.75, 3.05) is 32.8 Å². The largest absolute Gasteiger partial charge is 0.393 e. The molecule has 1 heterocycles. The summed E-state index contributed by atoms with van der Waals surface area (Å²) in [5.41, 5.74) is 0. The summed E-state index contributed by atoms with van der Waals surface area (Å²) >= 11 is 0. The smallest absolute Gasteiger partial charge is 0.0592 e. The fourth-order valence-corrected chi connectivity index (χ4v) is 2.23. The van der Waals surface area contributed by atoms with Crippen LogP contribution in [0.25, 0.3) is 0 Å². The van der Waals surface area contributed by atoms with Gasteiger partial charge in [-0.1, -0.05) is 6.92 Å². The van der Waals surface area contributed by atoms with Gasteiger partial charge in [-0.25, -0.2) is 0 Å². The van der Waals surface area contributed by atoms with Gasteiger partial charge in [-0.2, -0.15) is 0 Å². The number of piperidine rings is 1. The standard InChI is InChI=1S/C12H25NO2/c1-3-11-10-13(8-6-12(11)14)7-5-9-15-4-2/h11-12,14H,3-10H2,1-2H3. The first-order valence-corrected chi connectivity index (χ1v) is 6.26. The molecule has 3 nitrogen and oxygen atoms in total. The van der Waals surface area contributed by atoms with Crippen molar-refractivity contribution in [3.8, 4) is 0 Å². The van der Waals surface area contributed by atoms with Crippen LogP contribution >= 0.6 is 0 Å². The maximum Gasteiger partial charge on any atom is 0.0592 e. The number of ether oxygens (including phenoxy) is 1. The summed E-state index contributed by atoms with van der Waals surface area (Å²) < 4.78 is 5.32. The zero-order valence-corrected chi connectivity index (χ0v) is 10.1. The Labute approximate surface area is 93.4 Å². The summed E-state index contributed by atoms with van der Waals surface area (Å²) in [4.78, 5) is 2.46. The predicted octanol–water partition coefficient (Wildman–Crippen LogP) is 1.51. The van der Waals surface area contributed by atoms with Crippen molar-refractivity contribution in [3.05, 3.63) is 0 Å². The van der Waals surface area contributed by atoms with Gasteiger partial charge in [-0.15, -0.1) is 0 Å². The van der Waals surface area contributed by atoms with E-state index in [2.05, 4.69) is 11.8 Å². The summed E-state index contributed by atoms with van der Waals surface area (Å²) in [6, 6.07) is 0. The molecule has 3 heteroatoms. The van der Waals surface area contributed by atoms with E-state index in [0.717, 1.165) is 52.1 Å². The number of nitrogens with zero attached hydrogens (tertiary/aromatic N) is 1. The minimum absolute atomic E-state index is 0.0712. The average molecular weight is 215 g/mol. The van der Waals surface area contributed by atoms with E-state index in [4.69, 9.17) is 4.74 Å². The molecule has 0 aliphatic carbocycles. The lowest BCUT2D eigenvalue weighted by atomic mass is 9.92. The third kappa shape index (κ3) is 4.49. The number of likely N-dealkylation sites (tertiary alicyclic amines) is 1. The van der Waals surface area contributed by atoms with Gasteiger partial charge in [0.15, 0.2) is 0 Å². The molecule has 0 aromatic heterocycles. The lowest BCUT2D eigenvalue weighted by Crippen LogP contribution is -2.43. The second kappa shape index (κ2) is 7.20. The van der Waals surface area contributed by atoms with Crippen LogP contribution in [-0.4, -0.2) is 49.0 Å². The summed E-state index contributed by atoms with van der Waals surface area (Å²) in [5, 5.41) is 9.75. The molecule has 1 N–H and O–H groups in total. The van der Waals surface area contributed by atoms with E-state index < -0.39 is 0 Å². The minimum atomic E-state index is -0.0712. The quantitative estimate of drug-likeness (QED) is 0.682. The van der Waals surface area contributed by atoms with Gasteiger partial charge in [-0.3, -0.25) is 0 Å². The van der Waals surface area contributed by atoms with Crippen LogP contribution in [0.2, 0.25) is 0 Å². The van der Waals surface area contributed by atoms with Crippen molar-refractivity contribution in [3.63, 3.8) is 0 Å². The molecular weight excluding hydrogens is 190 g/mol. The summed E-state index contributed by atoms with van der Waals surface area (Å²) in [6.07, 6.45) is 3.06. The molecule has 0 amide bonds. The minimum Gasteiger partial charge on any atom is -0.393 e. The highest BCUT2D eigenvalue weighted by atomic mass is 16.5. The van der Waals surface area contributed by atoms with E-state index in [1.54, 1.807) is 0 Å². The highest BCUT2D eigenvalue weighted by Crippen LogP contribution is 2.19. The van der Waals surface area contributed by atoms with Gasteiger partial charge in [0.05, 0.1) is 6.10 Å². The van der Waals surface area contributed by atoms with Crippen LogP contribution in [0, 0.1) is 5.92 Å². The fourth-order valence-electron chi connectivity index (χ4n) is 2.23. The van der Waals surface area contributed by atoms with E-state index in [-0.39, 0.29) is 6.10 Å². The molecule has 1 fully saturated rings. The van der Waals surface area contributed by atoms with Crippen LogP contribution < -0.4 is 0 Å². The number of aliphatic hydroxyl groups is 1. The molecule has 15 heavy (non-hydrogen) atoms. The summed E-state index contributed by atoms with van der Waals surface area (Å²) in [6.45, 7) is 9.10. The Bertz CT molecular complexity index is 164. The first kappa shape index (κ1) is 12.9. The first-order chi connectivity index (χ1) is 7.27. The summed E-state index contributed by atoms with van der Waals surface area (Å²) in [7, 11) is 0. The zero-order chi connectivity index (χ0) is 11.1. The molecule has 0 aromatic rings. The Morgan fingerprint density at radius 1 is 1.40 bits per heavy atom. The van der Waals surface area contributed by atoms with Gasteiger partial charge in [0.25, 0.3) is 0 Å². The third-order valence-corrected chi connectivity index (χ3v) is 3.27. The molecular formula is C12H25NO2. The van der Waals surface area contributed by atoms with Gasteiger partial charge in [0.2, 0.25) is 0 Å². The molecule has 2 unspecified atom stereocenters. The lowest BCUT2D eigenvalue weighted by molar-refractivity contribution is 0.0215. The molecule has 0 spiro atoms. The zero-order valence-electron chi connectivity index (χ0n) is 10.1. The van der Waals surface area contributed by atoms with Crippen LogP contribution in [0.1, 0.15) is 33.1 Å². The molecule has 90 valence electrons. The third-order valence-electron chi connectivity index (χ3n) is 3.27. The molecule has 0 radical (unpaired) electrons. The van der Waals surface area contributed by atoms with Crippen molar-refractivity contribution in [1.29, 1.82) is 0 Å². The molecule has 0 saturated carbocycles. The van der Waals surface area contributed by atoms with Crippen molar-refractivity contribution >= 4 is 0 Å². The van der Waals surface area contributed by atoms with Crippen LogP contribution in [0.3, 0.4) is 0 Å². The van der Waals surface area contributed by atoms with Crippen LogP contribution in [0.5, 0.6) is 0 Å². The average Bonchev–Trinajstić information content (AvgIpc) is 2.26. The molecule has 0 bridgehead atoms. The Balaban J connectivity index is 2.14. The SMILES string of the molecule is CCOCCCN1CCC(O)C(CC)C1. The highest BCUT2D eigenvalue weighted by molar-refractivity contribution is 4.78. The van der Waals surface area contributed by atoms with Crippen LogP contribution in [0.15, 0.2) is 0 Å². The second-order valence-electron chi connectivity index (χ2n) is 4.38. The van der Waals surface area contributed by atoms with Gasteiger partial charge in [0, 0.05) is 32.8 Å². The molecule has 1 aliphatic rings. The van der Waals surface area contributed by atoms with E-state index in [1.807, 2.05) is 6.92 Å². The fraction of sp³-hybridized carbons (Fsp3) is 1.00. The Hall–Kier alpha value is -0.120. The maximum atomic E-state index is 9.75.